The van der Waals surface area contributed by atoms with Crippen LogP contribution in [0.25, 0.3) is 22.3 Å². The molecule has 5 rings (SSSR count). The topological polar surface area (TPSA) is 63.6 Å². The van der Waals surface area contributed by atoms with Gasteiger partial charge in [0.15, 0.2) is 16.8 Å². The smallest absolute Gasteiger partial charge is 0.192 e. The van der Waals surface area contributed by atoms with Gasteiger partial charge in [-0.3, -0.25) is 9.36 Å². The van der Waals surface area contributed by atoms with Crippen molar-refractivity contribution >= 4 is 28.4 Å². The molecule has 5 nitrogen and oxygen atoms in total. The van der Waals surface area contributed by atoms with Crippen LogP contribution in [0.2, 0.25) is 0 Å². The van der Waals surface area contributed by atoms with Crippen molar-refractivity contribution in [2.45, 2.75) is 36.2 Å². The number of carbonyl (C=O) groups excluding carboxylic acids is 1. The minimum atomic E-state index is -0.343. The highest BCUT2D eigenvalue weighted by atomic mass is 32.2. The fourth-order valence-corrected chi connectivity index (χ4v) is 4.54. The first-order chi connectivity index (χ1) is 14.1. The molecule has 2 heterocycles. The number of carbonyl (C=O) groups is 1. The highest BCUT2D eigenvalue weighted by Crippen LogP contribution is 2.42. The molecule has 0 bridgehead atoms. The largest absolute Gasteiger partial charge is 0.360 e. The van der Waals surface area contributed by atoms with Crippen molar-refractivity contribution in [2.24, 2.45) is 0 Å². The fraction of sp³-hybridized carbons (Fsp3) is 0.227. The second kappa shape index (κ2) is 7.15. The summed E-state index contributed by atoms with van der Waals surface area (Å²) in [5.41, 5.74) is 2.05. The van der Waals surface area contributed by atoms with Crippen LogP contribution in [-0.4, -0.2) is 30.8 Å². The molecule has 0 amide bonds. The average Bonchev–Trinajstić information content (AvgIpc) is 3.35. The van der Waals surface area contributed by atoms with Crippen molar-refractivity contribution in [3.05, 3.63) is 66.1 Å². The standard InChI is InChI=1S/C22H19FN4OS/c1-13(20(28)17-12-24-19-9-5-3-6-15(17)19)29-22-26-25-21(27(22)14-10-11-14)16-7-2-4-8-18(16)23/h2-9,12-14,24H,10-11H2,1H3/t13-/m0/s1. The lowest BCUT2D eigenvalue weighted by Crippen LogP contribution is -2.14. The fourth-order valence-electron chi connectivity index (χ4n) is 3.55. The van der Waals surface area contributed by atoms with Crippen LogP contribution in [0.5, 0.6) is 0 Å². The minimum Gasteiger partial charge on any atom is -0.360 e. The lowest BCUT2D eigenvalue weighted by molar-refractivity contribution is 0.0995. The maximum Gasteiger partial charge on any atom is 0.192 e. The van der Waals surface area contributed by atoms with Crippen LogP contribution in [0.1, 0.15) is 36.2 Å². The van der Waals surface area contributed by atoms with Crippen molar-refractivity contribution in [1.82, 2.24) is 19.7 Å². The number of aromatic nitrogens is 4. The minimum absolute atomic E-state index is 0.0326. The first kappa shape index (κ1) is 18.1. The molecule has 1 aliphatic rings. The summed E-state index contributed by atoms with van der Waals surface area (Å²) < 4.78 is 16.3. The Morgan fingerprint density at radius 2 is 1.93 bits per heavy atom. The summed E-state index contributed by atoms with van der Waals surface area (Å²) in [6, 6.07) is 14.6. The number of aromatic amines is 1. The van der Waals surface area contributed by atoms with Crippen molar-refractivity contribution in [3.63, 3.8) is 0 Å². The van der Waals surface area contributed by atoms with Crippen molar-refractivity contribution in [1.29, 1.82) is 0 Å². The van der Waals surface area contributed by atoms with E-state index in [4.69, 9.17) is 0 Å². The van der Waals surface area contributed by atoms with E-state index in [1.165, 1.54) is 17.8 Å². The van der Waals surface area contributed by atoms with Gasteiger partial charge in [-0.25, -0.2) is 4.39 Å². The zero-order valence-corrected chi connectivity index (χ0v) is 16.6. The number of nitrogens with zero attached hydrogens (tertiary/aromatic N) is 3. The van der Waals surface area contributed by atoms with Gasteiger partial charge in [-0.15, -0.1) is 10.2 Å². The molecule has 2 aromatic heterocycles. The third kappa shape index (κ3) is 3.25. The van der Waals surface area contributed by atoms with Gasteiger partial charge in [0, 0.05) is 28.7 Å². The van der Waals surface area contributed by atoms with E-state index in [9.17, 15) is 9.18 Å². The van der Waals surface area contributed by atoms with Crippen LogP contribution in [0.15, 0.2) is 59.9 Å². The first-order valence-corrected chi connectivity index (χ1v) is 10.5. The Balaban J connectivity index is 1.46. The molecule has 1 fully saturated rings. The molecule has 0 spiro atoms. The molecule has 29 heavy (non-hydrogen) atoms. The van der Waals surface area contributed by atoms with E-state index >= 15 is 0 Å². The number of hydrogen-bond donors (Lipinski definition) is 1. The van der Waals surface area contributed by atoms with Gasteiger partial charge in [0.25, 0.3) is 0 Å². The van der Waals surface area contributed by atoms with Gasteiger partial charge in [0.2, 0.25) is 0 Å². The number of nitrogens with one attached hydrogen (secondary N) is 1. The summed E-state index contributed by atoms with van der Waals surface area (Å²) in [6.07, 6.45) is 3.79. The average molecular weight is 406 g/mol. The molecule has 1 atom stereocenters. The lowest BCUT2D eigenvalue weighted by atomic mass is 10.1. The predicted octanol–water partition coefficient (Wildman–Crippen LogP) is 5.26. The van der Waals surface area contributed by atoms with Gasteiger partial charge in [0.05, 0.1) is 10.8 Å². The lowest BCUT2D eigenvalue weighted by Gasteiger charge is -2.12. The van der Waals surface area contributed by atoms with Gasteiger partial charge in [-0.05, 0) is 38.0 Å². The summed E-state index contributed by atoms with van der Waals surface area (Å²) in [7, 11) is 0. The number of rotatable bonds is 6. The summed E-state index contributed by atoms with van der Waals surface area (Å²) >= 11 is 1.38. The molecule has 2 aromatic carbocycles. The SMILES string of the molecule is C[C@H](Sc1nnc(-c2ccccc2F)n1C1CC1)C(=O)c1c[nH]c2ccccc12. The Morgan fingerprint density at radius 3 is 2.72 bits per heavy atom. The predicted molar refractivity (Wildman–Crippen MR) is 112 cm³/mol. The molecule has 0 saturated heterocycles. The molecule has 146 valence electrons. The van der Waals surface area contributed by atoms with E-state index in [0.717, 1.165) is 23.7 Å². The van der Waals surface area contributed by atoms with E-state index in [-0.39, 0.29) is 22.9 Å². The molecule has 7 heteroatoms. The maximum absolute atomic E-state index is 14.3. The highest BCUT2D eigenvalue weighted by molar-refractivity contribution is 8.00. The van der Waals surface area contributed by atoms with E-state index in [1.54, 1.807) is 24.4 Å². The van der Waals surface area contributed by atoms with Crippen LogP contribution < -0.4 is 0 Å². The second-order valence-corrected chi connectivity index (χ2v) is 8.57. The van der Waals surface area contributed by atoms with Crippen LogP contribution in [0.3, 0.4) is 0 Å². The molecule has 4 aromatic rings. The maximum atomic E-state index is 14.3. The Hall–Kier alpha value is -2.93. The number of benzene rings is 2. The molecule has 1 saturated carbocycles. The Labute approximate surface area is 171 Å². The molecule has 0 aliphatic heterocycles. The van der Waals surface area contributed by atoms with Gasteiger partial charge >= 0.3 is 0 Å². The monoisotopic (exact) mass is 406 g/mol. The number of para-hydroxylation sites is 1. The van der Waals surface area contributed by atoms with E-state index in [2.05, 4.69) is 15.2 Å². The number of H-pyrrole nitrogens is 1. The van der Waals surface area contributed by atoms with Crippen LogP contribution >= 0.6 is 11.8 Å². The number of halogens is 1. The molecular weight excluding hydrogens is 387 g/mol. The zero-order valence-electron chi connectivity index (χ0n) is 15.8. The highest BCUT2D eigenvalue weighted by Gasteiger charge is 2.32. The quantitative estimate of drug-likeness (QED) is 0.350. The van der Waals surface area contributed by atoms with Crippen molar-refractivity contribution in [2.75, 3.05) is 0 Å². The molecular formula is C22H19FN4OS. The second-order valence-electron chi connectivity index (χ2n) is 7.26. The number of ketones is 1. The van der Waals surface area contributed by atoms with Crippen LogP contribution in [0, 0.1) is 5.82 Å². The van der Waals surface area contributed by atoms with Gasteiger partial charge in [-0.1, -0.05) is 42.1 Å². The third-order valence-corrected chi connectivity index (χ3v) is 6.25. The summed E-state index contributed by atoms with van der Waals surface area (Å²) in [5, 5.41) is 9.81. The molecule has 1 N–H and O–H groups in total. The third-order valence-electron chi connectivity index (χ3n) is 5.20. The molecule has 0 unspecified atom stereocenters. The van der Waals surface area contributed by atoms with Gasteiger partial charge in [0.1, 0.15) is 5.82 Å². The van der Waals surface area contributed by atoms with E-state index in [0.29, 0.717) is 22.1 Å². The van der Waals surface area contributed by atoms with E-state index < -0.39 is 0 Å². The Kier molecular flexibility index (Phi) is 4.47. The number of Topliss-reactive ketones (excluding diaryl/α,β-unsaturated/α-hetero) is 1. The van der Waals surface area contributed by atoms with Crippen LogP contribution in [-0.2, 0) is 0 Å². The van der Waals surface area contributed by atoms with E-state index in [1.807, 2.05) is 35.8 Å². The van der Waals surface area contributed by atoms with Gasteiger partial charge in [-0.2, -0.15) is 0 Å². The summed E-state index contributed by atoms with van der Waals surface area (Å²) in [5.74, 6) is 0.242. The summed E-state index contributed by atoms with van der Waals surface area (Å²) in [4.78, 5) is 16.2. The number of thioether (sulfide) groups is 1. The van der Waals surface area contributed by atoms with Crippen LogP contribution in [0.4, 0.5) is 4.39 Å². The van der Waals surface area contributed by atoms with Gasteiger partial charge < -0.3 is 4.98 Å². The molecule has 1 aliphatic carbocycles. The summed E-state index contributed by atoms with van der Waals surface area (Å²) in [6.45, 7) is 1.88. The number of fused-ring (bicyclic) bond motifs is 1. The normalized spacial score (nSPS) is 15.0. The van der Waals surface area contributed by atoms with Crippen molar-refractivity contribution < 1.29 is 9.18 Å². The Morgan fingerprint density at radius 1 is 1.17 bits per heavy atom. The Bertz CT molecular complexity index is 1210. The first-order valence-electron chi connectivity index (χ1n) is 9.60. The number of hydrogen-bond acceptors (Lipinski definition) is 4. The van der Waals surface area contributed by atoms with Crippen molar-refractivity contribution in [3.8, 4) is 11.4 Å². The zero-order chi connectivity index (χ0) is 20.0. The molecule has 0 radical (unpaired) electrons.